The van der Waals surface area contributed by atoms with Crippen molar-refractivity contribution < 1.29 is 14.0 Å². The number of nitrogens with zero attached hydrogens (tertiary/aromatic N) is 2. The average molecular weight is 279 g/mol. The second-order valence-electron chi connectivity index (χ2n) is 4.94. The van der Waals surface area contributed by atoms with Crippen molar-refractivity contribution in [2.24, 2.45) is 0 Å². The van der Waals surface area contributed by atoms with Crippen LogP contribution in [0, 0.1) is 5.82 Å². The largest absolute Gasteiger partial charge is 0.336 e. The second kappa shape index (κ2) is 6.00. The van der Waals surface area contributed by atoms with Crippen LogP contribution in [0.1, 0.15) is 12.5 Å². The number of amides is 3. The van der Waals surface area contributed by atoms with Gasteiger partial charge in [0.05, 0.1) is 6.04 Å². The number of rotatable bonds is 4. The molecule has 1 saturated heterocycles. The highest BCUT2D eigenvalue weighted by molar-refractivity contribution is 5.98. The molecule has 0 aliphatic carbocycles. The number of imide groups is 1. The molecule has 108 valence electrons. The van der Waals surface area contributed by atoms with Crippen LogP contribution in [-0.4, -0.2) is 47.9 Å². The fraction of sp³-hybridized carbons (Fsp3) is 0.429. The van der Waals surface area contributed by atoms with Crippen molar-refractivity contribution in [3.05, 3.63) is 35.6 Å². The van der Waals surface area contributed by atoms with Crippen molar-refractivity contribution in [2.75, 3.05) is 20.1 Å². The number of carbonyl (C=O) groups excluding carboxylic acids is 2. The molecule has 3 amide bonds. The van der Waals surface area contributed by atoms with Gasteiger partial charge in [0.1, 0.15) is 5.82 Å². The van der Waals surface area contributed by atoms with Crippen molar-refractivity contribution in [2.45, 2.75) is 19.5 Å². The Kier molecular flexibility index (Phi) is 4.34. The van der Waals surface area contributed by atoms with Crippen LogP contribution in [0.5, 0.6) is 0 Å². The predicted octanol–water partition coefficient (Wildman–Crippen LogP) is 1.20. The first-order valence-electron chi connectivity index (χ1n) is 6.53. The number of hydrogen-bond acceptors (Lipinski definition) is 3. The summed E-state index contributed by atoms with van der Waals surface area (Å²) in [5.41, 5.74) is 0.916. The molecule has 1 N–H and O–H groups in total. The van der Waals surface area contributed by atoms with Crippen LogP contribution in [0.15, 0.2) is 24.3 Å². The lowest BCUT2D eigenvalue weighted by atomic mass is 10.2. The van der Waals surface area contributed by atoms with Crippen LogP contribution in [-0.2, 0) is 11.3 Å². The zero-order valence-corrected chi connectivity index (χ0v) is 11.6. The molecule has 1 aromatic carbocycles. The standard InChI is InChI=1S/C14H18FN3O2/c1-10(13(19)18-8-7-16-14(18)20)17(2)9-11-3-5-12(15)6-4-11/h3-6,10H,7-9H2,1-2H3,(H,16,20)/t10-/m1/s1. The molecular weight excluding hydrogens is 261 g/mol. The highest BCUT2D eigenvalue weighted by Crippen LogP contribution is 2.10. The molecule has 0 unspecified atom stereocenters. The van der Waals surface area contributed by atoms with Gasteiger partial charge < -0.3 is 5.32 Å². The summed E-state index contributed by atoms with van der Waals surface area (Å²) in [5, 5.41) is 2.61. The topological polar surface area (TPSA) is 52.7 Å². The molecule has 6 heteroatoms. The van der Waals surface area contributed by atoms with E-state index in [4.69, 9.17) is 0 Å². The maximum atomic E-state index is 12.8. The fourth-order valence-corrected chi connectivity index (χ4v) is 2.11. The van der Waals surface area contributed by atoms with Crippen molar-refractivity contribution in [1.29, 1.82) is 0 Å². The first-order valence-corrected chi connectivity index (χ1v) is 6.53. The molecule has 1 aliphatic rings. The van der Waals surface area contributed by atoms with E-state index in [-0.39, 0.29) is 17.8 Å². The lowest BCUT2D eigenvalue weighted by Crippen LogP contribution is -2.46. The fourth-order valence-electron chi connectivity index (χ4n) is 2.11. The molecule has 1 aromatic rings. The van der Waals surface area contributed by atoms with Crippen LogP contribution >= 0.6 is 0 Å². The summed E-state index contributed by atoms with van der Waals surface area (Å²) in [6.07, 6.45) is 0. The van der Waals surface area contributed by atoms with Gasteiger partial charge in [-0.25, -0.2) is 9.18 Å². The Labute approximate surface area is 117 Å². The van der Waals surface area contributed by atoms with Gasteiger partial charge in [0, 0.05) is 19.6 Å². The Morgan fingerprint density at radius 1 is 1.45 bits per heavy atom. The first-order chi connectivity index (χ1) is 9.49. The van der Waals surface area contributed by atoms with Gasteiger partial charge >= 0.3 is 6.03 Å². The summed E-state index contributed by atoms with van der Waals surface area (Å²) in [6.45, 7) is 3.19. The summed E-state index contributed by atoms with van der Waals surface area (Å²) in [4.78, 5) is 26.7. The number of carbonyl (C=O) groups is 2. The van der Waals surface area contributed by atoms with Gasteiger partial charge in [-0.2, -0.15) is 0 Å². The van der Waals surface area contributed by atoms with E-state index in [2.05, 4.69) is 5.32 Å². The highest BCUT2D eigenvalue weighted by atomic mass is 19.1. The monoisotopic (exact) mass is 279 g/mol. The molecule has 0 radical (unpaired) electrons. The normalized spacial score (nSPS) is 16.4. The smallest absolute Gasteiger partial charge is 0.324 e. The molecule has 2 rings (SSSR count). The summed E-state index contributed by atoms with van der Waals surface area (Å²) in [6, 6.07) is 5.41. The second-order valence-corrected chi connectivity index (χ2v) is 4.94. The summed E-state index contributed by atoms with van der Waals surface area (Å²) in [7, 11) is 1.81. The molecule has 0 spiro atoms. The number of nitrogens with one attached hydrogen (secondary N) is 1. The molecule has 5 nitrogen and oxygen atoms in total. The number of likely N-dealkylation sites (N-methyl/N-ethyl adjacent to an activating group) is 1. The molecule has 0 bridgehead atoms. The zero-order chi connectivity index (χ0) is 14.7. The van der Waals surface area contributed by atoms with E-state index >= 15 is 0 Å². The average Bonchev–Trinajstić information content (AvgIpc) is 2.86. The third-order valence-electron chi connectivity index (χ3n) is 3.49. The van der Waals surface area contributed by atoms with Gasteiger partial charge in [-0.15, -0.1) is 0 Å². The summed E-state index contributed by atoms with van der Waals surface area (Å²) < 4.78 is 12.8. The van der Waals surface area contributed by atoms with E-state index in [0.717, 1.165) is 5.56 Å². The van der Waals surface area contributed by atoms with Crippen LogP contribution in [0.4, 0.5) is 9.18 Å². The van der Waals surface area contributed by atoms with E-state index in [1.54, 1.807) is 26.1 Å². The number of halogens is 1. The zero-order valence-electron chi connectivity index (χ0n) is 11.6. The number of hydrogen-bond donors (Lipinski definition) is 1. The Morgan fingerprint density at radius 2 is 2.10 bits per heavy atom. The van der Waals surface area contributed by atoms with Crippen LogP contribution < -0.4 is 5.32 Å². The quantitative estimate of drug-likeness (QED) is 0.901. The first kappa shape index (κ1) is 14.5. The lowest BCUT2D eigenvalue weighted by molar-refractivity contribution is -0.132. The maximum absolute atomic E-state index is 12.8. The molecule has 0 saturated carbocycles. The van der Waals surface area contributed by atoms with Gasteiger partial charge in [0.15, 0.2) is 0 Å². The van der Waals surface area contributed by atoms with Crippen molar-refractivity contribution in [3.8, 4) is 0 Å². The Hall–Kier alpha value is -1.95. The van der Waals surface area contributed by atoms with Crippen LogP contribution in [0.25, 0.3) is 0 Å². The molecule has 20 heavy (non-hydrogen) atoms. The summed E-state index contributed by atoms with van der Waals surface area (Å²) >= 11 is 0. The maximum Gasteiger partial charge on any atom is 0.324 e. The summed E-state index contributed by atoms with van der Waals surface area (Å²) in [5.74, 6) is -0.501. The Bertz CT molecular complexity index is 504. The van der Waals surface area contributed by atoms with Gasteiger partial charge in [0.2, 0.25) is 5.91 Å². The minimum absolute atomic E-state index is 0.218. The Balaban J connectivity index is 1.97. The predicted molar refractivity (Wildman–Crippen MR) is 72.4 cm³/mol. The van der Waals surface area contributed by atoms with Gasteiger partial charge in [0.25, 0.3) is 0 Å². The van der Waals surface area contributed by atoms with Crippen molar-refractivity contribution in [1.82, 2.24) is 15.1 Å². The van der Waals surface area contributed by atoms with Crippen LogP contribution in [0.2, 0.25) is 0 Å². The lowest BCUT2D eigenvalue weighted by Gasteiger charge is -2.26. The van der Waals surface area contributed by atoms with Gasteiger partial charge in [-0.05, 0) is 31.7 Å². The molecule has 1 atom stereocenters. The minimum Gasteiger partial charge on any atom is -0.336 e. The molecular formula is C14H18FN3O2. The minimum atomic E-state index is -0.413. The van der Waals surface area contributed by atoms with E-state index in [1.165, 1.54) is 17.0 Å². The number of benzene rings is 1. The molecule has 1 heterocycles. The highest BCUT2D eigenvalue weighted by Gasteiger charge is 2.31. The van der Waals surface area contributed by atoms with E-state index in [9.17, 15) is 14.0 Å². The third-order valence-corrected chi connectivity index (χ3v) is 3.49. The molecule has 0 aromatic heterocycles. The van der Waals surface area contributed by atoms with E-state index in [1.807, 2.05) is 4.90 Å². The van der Waals surface area contributed by atoms with Gasteiger partial charge in [-0.1, -0.05) is 12.1 Å². The number of urea groups is 1. The van der Waals surface area contributed by atoms with Crippen molar-refractivity contribution in [3.63, 3.8) is 0 Å². The van der Waals surface area contributed by atoms with Gasteiger partial charge in [-0.3, -0.25) is 14.6 Å². The molecule has 1 aliphatic heterocycles. The Morgan fingerprint density at radius 3 is 2.65 bits per heavy atom. The van der Waals surface area contributed by atoms with Crippen molar-refractivity contribution >= 4 is 11.9 Å². The van der Waals surface area contributed by atoms with E-state index in [0.29, 0.717) is 19.6 Å². The van der Waals surface area contributed by atoms with E-state index < -0.39 is 6.04 Å². The molecule has 1 fully saturated rings. The SMILES string of the molecule is C[C@H](C(=O)N1CCNC1=O)N(C)Cc1ccc(F)cc1. The third kappa shape index (κ3) is 3.14. The van der Waals surface area contributed by atoms with Crippen LogP contribution in [0.3, 0.4) is 0 Å².